The summed E-state index contributed by atoms with van der Waals surface area (Å²) in [6, 6.07) is 13.0. The molecule has 0 saturated carbocycles. The van der Waals surface area contributed by atoms with Gasteiger partial charge in [-0.1, -0.05) is 30.3 Å². The van der Waals surface area contributed by atoms with Crippen LogP contribution in [-0.2, 0) is 26.0 Å². The first-order chi connectivity index (χ1) is 12.3. The van der Waals surface area contributed by atoms with Crippen LogP contribution in [0.1, 0.15) is 5.56 Å². The molecule has 2 aromatic rings. The van der Waals surface area contributed by atoms with E-state index < -0.39 is 28.1 Å². The lowest BCUT2D eigenvalue weighted by molar-refractivity contribution is -0.142. The zero-order chi connectivity index (χ0) is 19.2. The quantitative estimate of drug-likeness (QED) is 0.653. The van der Waals surface area contributed by atoms with Gasteiger partial charge in [0.05, 0.1) is 12.0 Å². The summed E-state index contributed by atoms with van der Waals surface area (Å²) in [7, 11) is -2.56. The summed E-state index contributed by atoms with van der Waals surface area (Å²) < 4.78 is 27.2. The van der Waals surface area contributed by atoms with Gasteiger partial charge in [-0.2, -0.15) is 0 Å². The number of rotatable bonds is 6. The molecular weight excluding hydrogens is 358 g/mol. The van der Waals surface area contributed by atoms with Crippen molar-refractivity contribution < 1.29 is 22.7 Å². The summed E-state index contributed by atoms with van der Waals surface area (Å²) in [4.78, 5) is 24.0. The van der Waals surface area contributed by atoms with Crippen LogP contribution in [0.15, 0.2) is 59.5 Å². The first-order valence-electron chi connectivity index (χ1n) is 7.61. The van der Waals surface area contributed by atoms with Gasteiger partial charge in [-0.05, 0) is 29.8 Å². The minimum absolute atomic E-state index is 0.0695. The van der Waals surface area contributed by atoms with Crippen LogP contribution in [0.5, 0.6) is 0 Å². The Balaban J connectivity index is 2.03. The highest BCUT2D eigenvalue weighted by atomic mass is 32.2. The van der Waals surface area contributed by atoms with E-state index in [-0.39, 0.29) is 11.3 Å². The number of carbonyl (C=O) groups is 2. The number of benzene rings is 2. The van der Waals surface area contributed by atoms with Gasteiger partial charge in [-0.3, -0.25) is 0 Å². The van der Waals surface area contributed by atoms with Gasteiger partial charge in [0.1, 0.15) is 6.04 Å². The van der Waals surface area contributed by atoms with Crippen molar-refractivity contribution in [2.24, 2.45) is 5.14 Å². The fourth-order valence-corrected chi connectivity index (χ4v) is 2.75. The fraction of sp³-hybridized carbons (Fsp3) is 0.176. The van der Waals surface area contributed by atoms with Crippen LogP contribution < -0.4 is 15.8 Å². The maximum absolute atomic E-state index is 12.1. The van der Waals surface area contributed by atoms with E-state index in [2.05, 4.69) is 10.6 Å². The van der Waals surface area contributed by atoms with Crippen molar-refractivity contribution in [1.29, 1.82) is 0 Å². The third kappa shape index (κ3) is 5.57. The number of sulfonamides is 1. The standard InChI is InChI=1S/C17H19N3O5S/c1-25-16(21)15(11-12-5-3-2-4-6-12)20-17(22)19-13-7-9-14(10-8-13)26(18,23)24/h2-10,15H,11H2,1H3,(H2,18,23,24)(H2,19,20,22)/t15-/m0/s1. The van der Waals surface area contributed by atoms with E-state index in [4.69, 9.17) is 9.88 Å². The van der Waals surface area contributed by atoms with E-state index in [0.717, 1.165) is 5.56 Å². The molecule has 2 amide bonds. The smallest absolute Gasteiger partial charge is 0.328 e. The number of methoxy groups -OCH3 is 1. The highest BCUT2D eigenvalue weighted by Crippen LogP contribution is 2.13. The third-order valence-electron chi connectivity index (χ3n) is 3.51. The molecule has 2 aromatic carbocycles. The minimum Gasteiger partial charge on any atom is -0.467 e. The zero-order valence-corrected chi connectivity index (χ0v) is 14.8. The molecule has 0 radical (unpaired) electrons. The van der Waals surface area contributed by atoms with Gasteiger partial charge in [-0.25, -0.2) is 23.1 Å². The lowest BCUT2D eigenvalue weighted by Gasteiger charge is -2.17. The molecule has 0 unspecified atom stereocenters. The van der Waals surface area contributed by atoms with Crippen molar-refractivity contribution in [3.63, 3.8) is 0 Å². The van der Waals surface area contributed by atoms with Crippen molar-refractivity contribution in [1.82, 2.24) is 5.32 Å². The molecular formula is C17H19N3O5S. The number of nitrogens with two attached hydrogens (primary N) is 1. The molecule has 0 bridgehead atoms. The van der Waals surface area contributed by atoms with Gasteiger partial charge >= 0.3 is 12.0 Å². The molecule has 0 aliphatic heterocycles. The van der Waals surface area contributed by atoms with Gasteiger partial charge in [-0.15, -0.1) is 0 Å². The van der Waals surface area contributed by atoms with E-state index in [1.165, 1.54) is 31.4 Å². The Labute approximate surface area is 151 Å². The maximum Gasteiger partial charge on any atom is 0.328 e. The first-order valence-corrected chi connectivity index (χ1v) is 9.16. The maximum atomic E-state index is 12.1. The molecule has 4 N–H and O–H groups in total. The van der Waals surface area contributed by atoms with Crippen LogP contribution in [0.2, 0.25) is 0 Å². The van der Waals surface area contributed by atoms with Gasteiger partial charge in [0.15, 0.2) is 0 Å². The summed E-state index contributed by atoms with van der Waals surface area (Å²) in [5.41, 5.74) is 1.21. The van der Waals surface area contributed by atoms with Crippen LogP contribution >= 0.6 is 0 Å². The lowest BCUT2D eigenvalue weighted by Crippen LogP contribution is -2.45. The molecule has 8 nitrogen and oxygen atoms in total. The Morgan fingerprint density at radius 3 is 2.23 bits per heavy atom. The number of ether oxygens (including phenoxy) is 1. The van der Waals surface area contributed by atoms with Gasteiger partial charge in [0.25, 0.3) is 0 Å². The third-order valence-corrected chi connectivity index (χ3v) is 4.44. The van der Waals surface area contributed by atoms with E-state index in [0.29, 0.717) is 5.69 Å². The number of anilines is 1. The summed E-state index contributed by atoms with van der Waals surface area (Å²) in [6.07, 6.45) is 0.269. The molecule has 9 heteroatoms. The van der Waals surface area contributed by atoms with Crippen LogP contribution in [0.3, 0.4) is 0 Å². The molecule has 0 fully saturated rings. The normalized spacial score (nSPS) is 12.1. The molecule has 0 aliphatic carbocycles. The molecule has 0 heterocycles. The fourth-order valence-electron chi connectivity index (χ4n) is 2.24. The number of nitrogens with one attached hydrogen (secondary N) is 2. The Hall–Kier alpha value is -2.91. The molecule has 0 saturated heterocycles. The second kappa shape index (κ2) is 8.45. The second-order valence-corrected chi connectivity index (χ2v) is 6.99. The predicted octanol–water partition coefficient (Wildman–Crippen LogP) is 1.24. The van der Waals surface area contributed by atoms with Crippen molar-refractivity contribution in [3.05, 3.63) is 60.2 Å². The Bertz CT molecular complexity index is 867. The summed E-state index contributed by atoms with van der Waals surface area (Å²) in [6.45, 7) is 0. The Kier molecular flexibility index (Phi) is 6.31. The monoisotopic (exact) mass is 377 g/mol. The van der Waals surface area contributed by atoms with Crippen molar-refractivity contribution >= 4 is 27.7 Å². The molecule has 0 aromatic heterocycles. The lowest BCUT2D eigenvalue weighted by atomic mass is 10.1. The molecule has 2 rings (SSSR count). The van der Waals surface area contributed by atoms with Crippen molar-refractivity contribution in [2.75, 3.05) is 12.4 Å². The SMILES string of the molecule is COC(=O)[C@H](Cc1ccccc1)NC(=O)Nc1ccc(S(N)(=O)=O)cc1. The topological polar surface area (TPSA) is 128 Å². The minimum atomic E-state index is -3.81. The van der Waals surface area contributed by atoms with E-state index >= 15 is 0 Å². The molecule has 138 valence electrons. The molecule has 26 heavy (non-hydrogen) atoms. The highest BCUT2D eigenvalue weighted by molar-refractivity contribution is 7.89. The molecule has 1 atom stereocenters. The van der Waals surface area contributed by atoms with E-state index in [9.17, 15) is 18.0 Å². The van der Waals surface area contributed by atoms with Crippen molar-refractivity contribution in [3.8, 4) is 0 Å². The summed E-state index contributed by atoms with van der Waals surface area (Å²) in [5, 5.41) is 10.1. The van der Waals surface area contributed by atoms with Crippen LogP contribution in [0.25, 0.3) is 0 Å². The Morgan fingerprint density at radius 2 is 1.69 bits per heavy atom. The number of carbonyl (C=O) groups excluding carboxylic acids is 2. The second-order valence-electron chi connectivity index (χ2n) is 5.43. The van der Waals surface area contributed by atoms with Gasteiger partial charge in [0.2, 0.25) is 10.0 Å². The van der Waals surface area contributed by atoms with Crippen molar-refractivity contribution in [2.45, 2.75) is 17.4 Å². The van der Waals surface area contributed by atoms with E-state index in [1.54, 1.807) is 0 Å². The molecule has 0 aliphatic rings. The van der Waals surface area contributed by atoms with Gasteiger partial charge < -0.3 is 15.4 Å². The number of hydrogen-bond acceptors (Lipinski definition) is 5. The Morgan fingerprint density at radius 1 is 1.08 bits per heavy atom. The largest absolute Gasteiger partial charge is 0.467 e. The average molecular weight is 377 g/mol. The average Bonchev–Trinajstić information content (AvgIpc) is 2.61. The van der Waals surface area contributed by atoms with Gasteiger partial charge in [0, 0.05) is 12.1 Å². The first kappa shape index (κ1) is 19.4. The summed E-state index contributed by atoms with van der Waals surface area (Å²) in [5.74, 6) is -0.575. The number of urea groups is 1. The van der Waals surface area contributed by atoms with Crippen LogP contribution in [-0.4, -0.2) is 33.6 Å². The predicted molar refractivity (Wildman–Crippen MR) is 95.9 cm³/mol. The number of esters is 1. The number of hydrogen-bond donors (Lipinski definition) is 3. The zero-order valence-electron chi connectivity index (χ0n) is 14.0. The number of amides is 2. The highest BCUT2D eigenvalue weighted by Gasteiger charge is 2.22. The van der Waals surface area contributed by atoms with Crippen LogP contribution in [0.4, 0.5) is 10.5 Å². The number of primary sulfonamides is 1. The van der Waals surface area contributed by atoms with E-state index in [1.807, 2.05) is 30.3 Å². The molecule has 0 spiro atoms. The summed E-state index contributed by atoms with van der Waals surface area (Å²) >= 11 is 0. The van der Waals surface area contributed by atoms with Crippen LogP contribution in [0, 0.1) is 0 Å².